The van der Waals surface area contributed by atoms with E-state index >= 15 is 0 Å². The number of guanidine groups is 1. The standard InChI is InChI=1S/C24H39N5O/c1-4-22(30)29-16-13-21(17-29)27-23(25-5-2)26-18-24(14-9-10-15-24)28-19(3)20-11-7-6-8-12-20/h6-8,11-12,19,21,28H,4-5,9-10,13-18H2,1-3H3,(H2,25,26,27). The number of hydrogen-bond donors (Lipinski definition) is 3. The van der Waals surface area contributed by atoms with E-state index in [0.29, 0.717) is 12.5 Å². The molecule has 1 aromatic carbocycles. The lowest BCUT2D eigenvalue weighted by molar-refractivity contribution is -0.129. The zero-order valence-corrected chi connectivity index (χ0v) is 18.9. The minimum Gasteiger partial charge on any atom is -0.357 e. The Morgan fingerprint density at radius 2 is 1.97 bits per heavy atom. The molecule has 6 heteroatoms. The van der Waals surface area contributed by atoms with Crippen LogP contribution in [0.3, 0.4) is 0 Å². The lowest BCUT2D eigenvalue weighted by Crippen LogP contribution is -2.49. The maximum atomic E-state index is 12.0. The van der Waals surface area contributed by atoms with Gasteiger partial charge in [0.1, 0.15) is 0 Å². The highest BCUT2D eigenvalue weighted by Crippen LogP contribution is 2.32. The van der Waals surface area contributed by atoms with E-state index in [-0.39, 0.29) is 17.5 Å². The third-order valence-corrected chi connectivity index (χ3v) is 6.45. The molecule has 0 aromatic heterocycles. The van der Waals surface area contributed by atoms with Gasteiger partial charge in [0.2, 0.25) is 5.91 Å². The van der Waals surface area contributed by atoms with Gasteiger partial charge >= 0.3 is 0 Å². The molecule has 0 radical (unpaired) electrons. The number of amides is 1. The Hall–Kier alpha value is -2.08. The third kappa shape index (κ3) is 5.97. The van der Waals surface area contributed by atoms with E-state index in [1.54, 1.807) is 0 Å². The van der Waals surface area contributed by atoms with Gasteiger partial charge in [-0.15, -0.1) is 0 Å². The minimum atomic E-state index is 0.0531. The molecule has 30 heavy (non-hydrogen) atoms. The molecule has 2 aliphatic rings. The van der Waals surface area contributed by atoms with Crippen molar-refractivity contribution in [2.24, 2.45) is 4.99 Å². The van der Waals surface area contributed by atoms with E-state index in [0.717, 1.165) is 51.4 Å². The number of carbonyl (C=O) groups is 1. The van der Waals surface area contributed by atoms with Crippen molar-refractivity contribution in [1.82, 2.24) is 20.9 Å². The molecule has 2 atom stereocenters. The number of nitrogens with one attached hydrogen (secondary N) is 3. The van der Waals surface area contributed by atoms with Crippen molar-refractivity contribution in [3.8, 4) is 0 Å². The normalized spacial score (nSPS) is 22.2. The number of hydrogen-bond acceptors (Lipinski definition) is 3. The second kappa shape index (κ2) is 10.8. The molecule has 1 aliphatic carbocycles. The Kier molecular flexibility index (Phi) is 8.14. The first-order valence-electron chi connectivity index (χ1n) is 11.7. The van der Waals surface area contributed by atoms with Crippen molar-refractivity contribution in [3.63, 3.8) is 0 Å². The highest BCUT2D eigenvalue weighted by Gasteiger charge is 2.35. The van der Waals surface area contributed by atoms with Crippen LogP contribution in [0.1, 0.15) is 70.9 Å². The summed E-state index contributed by atoms with van der Waals surface area (Å²) < 4.78 is 0. The Bertz CT molecular complexity index is 699. The lowest BCUT2D eigenvalue weighted by atomic mass is 9.95. The molecule has 2 unspecified atom stereocenters. The fraction of sp³-hybridized carbons (Fsp3) is 0.667. The Labute approximate surface area is 181 Å². The fourth-order valence-corrected chi connectivity index (χ4v) is 4.76. The quantitative estimate of drug-likeness (QED) is 0.452. The number of likely N-dealkylation sites (tertiary alicyclic amines) is 1. The second-order valence-electron chi connectivity index (χ2n) is 8.78. The van der Waals surface area contributed by atoms with E-state index in [1.807, 2.05) is 11.8 Å². The predicted octanol–water partition coefficient (Wildman–Crippen LogP) is 3.22. The number of carbonyl (C=O) groups excluding carboxylic acids is 1. The van der Waals surface area contributed by atoms with Gasteiger partial charge in [-0.2, -0.15) is 0 Å². The van der Waals surface area contributed by atoms with Gasteiger partial charge in [0.25, 0.3) is 0 Å². The van der Waals surface area contributed by atoms with E-state index in [9.17, 15) is 4.79 Å². The van der Waals surface area contributed by atoms with E-state index in [4.69, 9.17) is 4.99 Å². The molecule has 3 N–H and O–H groups in total. The van der Waals surface area contributed by atoms with Crippen molar-refractivity contribution < 1.29 is 4.79 Å². The van der Waals surface area contributed by atoms with Crippen LogP contribution in [-0.2, 0) is 4.79 Å². The summed E-state index contributed by atoms with van der Waals surface area (Å²) in [5.74, 6) is 1.11. The van der Waals surface area contributed by atoms with E-state index < -0.39 is 0 Å². The summed E-state index contributed by atoms with van der Waals surface area (Å²) in [6.07, 6.45) is 6.39. The molecule has 1 heterocycles. The highest BCUT2D eigenvalue weighted by atomic mass is 16.2. The molecule has 1 saturated heterocycles. The van der Waals surface area contributed by atoms with Crippen LogP contribution in [0.5, 0.6) is 0 Å². The van der Waals surface area contributed by atoms with Crippen LogP contribution in [0.4, 0.5) is 0 Å². The van der Waals surface area contributed by atoms with Crippen LogP contribution < -0.4 is 16.0 Å². The summed E-state index contributed by atoms with van der Waals surface area (Å²) in [7, 11) is 0. The largest absolute Gasteiger partial charge is 0.357 e. The molecule has 2 fully saturated rings. The fourth-order valence-electron chi connectivity index (χ4n) is 4.76. The van der Waals surface area contributed by atoms with Crippen molar-refractivity contribution in [3.05, 3.63) is 35.9 Å². The molecule has 6 nitrogen and oxygen atoms in total. The van der Waals surface area contributed by atoms with Crippen LogP contribution in [0.2, 0.25) is 0 Å². The first-order valence-corrected chi connectivity index (χ1v) is 11.7. The molecular weight excluding hydrogens is 374 g/mol. The molecule has 1 aromatic rings. The number of benzene rings is 1. The summed E-state index contributed by atoms with van der Waals surface area (Å²) in [5.41, 5.74) is 1.38. The van der Waals surface area contributed by atoms with Crippen LogP contribution in [0.25, 0.3) is 0 Å². The molecule has 1 amide bonds. The van der Waals surface area contributed by atoms with Gasteiger partial charge < -0.3 is 20.9 Å². The van der Waals surface area contributed by atoms with Gasteiger partial charge in [0, 0.05) is 43.7 Å². The zero-order valence-electron chi connectivity index (χ0n) is 18.9. The Morgan fingerprint density at radius 3 is 2.63 bits per heavy atom. The first kappa shape index (κ1) is 22.6. The topological polar surface area (TPSA) is 68.8 Å². The summed E-state index contributed by atoms with van der Waals surface area (Å²) in [6.45, 7) is 9.48. The van der Waals surface area contributed by atoms with Crippen molar-refractivity contribution in [2.45, 2.75) is 76.9 Å². The zero-order chi connectivity index (χ0) is 21.4. The SMILES string of the molecule is CCNC(=NCC1(NC(C)c2ccccc2)CCCC1)NC1CCN(C(=O)CC)C1. The van der Waals surface area contributed by atoms with Crippen LogP contribution >= 0.6 is 0 Å². The monoisotopic (exact) mass is 413 g/mol. The maximum Gasteiger partial charge on any atom is 0.222 e. The summed E-state index contributed by atoms with van der Waals surface area (Å²) in [4.78, 5) is 18.9. The average Bonchev–Trinajstić information content (AvgIpc) is 3.42. The predicted molar refractivity (Wildman–Crippen MR) is 124 cm³/mol. The molecule has 0 spiro atoms. The average molecular weight is 414 g/mol. The summed E-state index contributed by atoms with van der Waals surface area (Å²) >= 11 is 0. The van der Waals surface area contributed by atoms with Crippen molar-refractivity contribution in [1.29, 1.82) is 0 Å². The summed E-state index contributed by atoms with van der Waals surface area (Å²) in [5, 5.41) is 10.9. The van der Waals surface area contributed by atoms with Crippen molar-refractivity contribution >= 4 is 11.9 Å². The van der Waals surface area contributed by atoms with Gasteiger partial charge in [0.05, 0.1) is 6.54 Å². The Morgan fingerprint density at radius 1 is 1.23 bits per heavy atom. The minimum absolute atomic E-state index is 0.0531. The highest BCUT2D eigenvalue weighted by molar-refractivity contribution is 5.80. The third-order valence-electron chi connectivity index (χ3n) is 6.45. The number of aliphatic imine (C=N–C) groups is 1. The molecule has 3 rings (SSSR count). The van der Waals surface area contributed by atoms with Crippen molar-refractivity contribution in [2.75, 3.05) is 26.2 Å². The van der Waals surface area contributed by atoms with Gasteiger partial charge in [-0.1, -0.05) is 50.1 Å². The van der Waals surface area contributed by atoms with Crippen LogP contribution in [-0.4, -0.2) is 54.5 Å². The molecule has 0 bridgehead atoms. The number of rotatable bonds is 8. The number of nitrogens with zero attached hydrogens (tertiary/aromatic N) is 2. The first-order chi connectivity index (χ1) is 14.5. The molecular formula is C24H39N5O. The van der Waals surface area contributed by atoms with Gasteiger partial charge in [0.15, 0.2) is 5.96 Å². The smallest absolute Gasteiger partial charge is 0.222 e. The lowest BCUT2D eigenvalue weighted by Gasteiger charge is -2.33. The molecule has 166 valence electrons. The van der Waals surface area contributed by atoms with E-state index in [1.165, 1.54) is 18.4 Å². The Balaban J connectivity index is 1.63. The molecule has 1 saturated carbocycles. The van der Waals surface area contributed by atoms with Gasteiger partial charge in [-0.3, -0.25) is 9.79 Å². The summed E-state index contributed by atoms with van der Waals surface area (Å²) in [6, 6.07) is 11.2. The van der Waals surface area contributed by atoms with Crippen LogP contribution in [0, 0.1) is 0 Å². The second-order valence-corrected chi connectivity index (χ2v) is 8.78. The van der Waals surface area contributed by atoms with E-state index in [2.05, 4.69) is 60.1 Å². The van der Waals surface area contributed by atoms with Gasteiger partial charge in [-0.05, 0) is 38.7 Å². The van der Waals surface area contributed by atoms with Gasteiger partial charge in [-0.25, -0.2) is 0 Å². The maximum absolute atomic E-state index is 12.0. The molecule has 1 aliphatic heterocycles. The van der Waals surface area contributed by atoms with Crippen LogP contribution in [0.15, 0.2) is 35.3 Å².